The van der Waals surface area contributed by atoms with Gasteiger partial charge >= 0.3 is 11.9 Å². The largest absolute Gasteiger partial charge is 0.495 e. The first-order chi connectivity index (χ1) is 13.9. The van der Waals surface area contributed by atoms with Crippen LogP contribution in [0.1, 0.15) is 26.3 Å². The van der Waals surface area contributed by atoms with Crippen molar-refractivity contribution in [3.8, 4) is 17.6 Å². The molecule has 0 aromatic heterocycles. The van der Waals surface area contributed by atoms with Crippen LogP contribution >= 0.6 is 0 Å². The molecule has 0 atom stereocenters. The molecule has 2 aromatic carbocycles. The lowest BCUT2D eigenvalue weighted by Crippen LogP contribution is -2.12. The van der Waals surface area contributed by atoms with Crippen molar-refractivity contribution < 1.29 is 28.7 Å². The summed E-state index contributed by atoms with van der Waals surface area (Å²) in [5.41, 5.74) is 0.646. The minimum Gasteiger partial charge on any atom is -0.495 e. The number of hydrogen-bond donors (Lipinski definition) is 1. The van der Waals surface area contributed by atoms with Gasteiger partial charge < -0.3 is 19.5 Å². The fourth-order valence-corrected chi connectivity index (χ4v) is 2.50. The summed E-state index contributed by atoms with van der Waals surface area (Å²) >= 11 is 0. The number of anilines is 1. The van der Waals surface area contributed by atoms with Crippen LogP contribution in [0.5, 0.6) is 5.75 Å². The Morgan fingerprint density at radius 1 is 1.07 bits per heavy atom. The van der Waals surface area contributed by atoms with E-state index < -0.39 is 16.9 Å². The lowest BCUT2D eigenvalue weighted by Gasteiger charge is -2.14. The summed E-state index contributed by atoms with van der Waals surface area (Å²) in [6.45, 7) is 0.0968. The molecule has 0 spiro atoms. The van der Waals surface area contributed by atoms with E-state index in [0.717, 1.165) is 0 Å². The summed E-state index contributed by atoms with van der Waals surface area (Å²) in [7, 11) is 3.73. The molecule has 9 nitrogen and oxygen atoms in total. The Hall–Kier alpha value is -4.06. The van der Waals surface area contributed by atoms with Gasteiger partial charge in [0.25, 0.3) is 5.69 Å². The Kier molecular flexibility index (Phi) is 7.14. The van der Waals surface area contributed by atoms with Crippen LogP contribution in [-0.4, -0.2) is 44.7 Å². The van der Waals surface area contributed by atoms with Gasteiger partial charge in [0.1, 0.15) is 22.4 Å². The molecule has 150 valence electrons. The second kappa shape index (κ2) is 9.75. The number of ether oxygens (including phenoxy) is 3. The number of rotatable bonds is 6. The van der Waals surface area contributed by atoms with E-state index in [2.05, 4.69) is 17.2 Å². The van der Waals surface area contributed by atoms with E-state index in [-0.39, 0.29) is 34.7 Å². The van der Waals surface area contributed by atoms with E-state index in [1.54, 1.807) is 18.2 Å². The van der Waals surface area contributed by atoms with Crippen LogP contribution in [0.2, 0.25) is 0 Å². The number of carbonyl (C=O) groups excluding carboxylic acids is 2. The third-order valence-electron chi connectivity index (χ3n) is 3.81. The number of esters is 2. The van der Waals surface area contributed by atoms with Gasteiger partial charge in [-0.1, -0.05) is 24.0 Å². The SMILES string of the molecule is COC(=O)c1cc(NCC#Cc2ccccc2[N+](=O)[O-])cc(C(=O)OC)c1OC. The van der Waals surface area contributed by atoms with Crippen LogP contribution in [0.25, 0.3) is 0 Å². The van der Waals surface area contributed by atoms with E-state index >= 15 is 0 Å². The van der Waals surface area contributed by atoms with Crippen molar-refractivity contribution in [1.82, 2.24) is 0 Å². The highest BCUT2D eigenvalue weighted by molar-refractivity contribution is 6.01. The van der Waals surface area contributed by atoms with Crippen molar-refractivity contribution >= 4 is 23.3 Å². The van der Waals surface area contributed by atoms with E-state index in [0.29, 0.717) is 5.69 Å². The Morgan fingerprint density at radius 2 is 1.66 bits per heavy atom. The molecule has 2 aromatic rings. The molecule has 0 unspecified atom stereocenters. The van der Waals surface area contributed by atoms with Gasteiger partial charge in [0.15, 0.2) is 0 Å². The average molecular weight is 398 g/mol. The second-order valence-electron chi connectivity index (χ2n) is 5.52. The van der Waals surface area contributed by atoms with E-state index in [1.807, 2.05) is 0 Å². The maximum absolute atomic E-state index is 12.1. The van der Waals surface area contributed by atoms with Crippen LogP contribution < -0.4 is 10.1 Å². The van der Waals surface area contributed by atoms with Gasteiger partial charge in [0.2, 0.25) is 0 Å². The molecule has 0 fully saturated rings. The van der Waals surface area contributed by atoms with Crippen molar-refractivity contribution in [2.45, 2.75) is 0 Å². The summed E-state index contributed by atoms with van der Waals surface area (Å²) < 4.78 is 14.6. The Morgan fingerprint density at radius 3 is 2.17 bits per heavy atom. The zero-order valence-corrected chi connectivity index (χ0v) is 16.0. The molecule has 0 aliphatic heterocycles. The lowest BCUT2D eigenvalue weighted by atomic mass is 10.1. The number of benzene rings is 2. The van der Waals surface area contributed by atoms with Crippen LogP contribution in [-0.2, 0) is 9.47 Å². The first kappa shape index (κ1) is 21.2. The molecule has 0 amide bonds. The van der Waals surface area contributed by atoms with E-state index in [1.165, 1.54) is 39.5 Å². The maximum Gasteiger partial charge on any atom is 0.341 e. The van der Waals surface area contributed by atoms with Crippen molar-refractivity contribution in [2.75, 3.05) is 33.2 Å². The van der Waals surface area contributed by atoms with E-state index in [9.17, 15) is 19.7 Å². The highest BCUT2D eigenvalue weighted by Crippen LogP contribution is 2.29. The Balaban J connectivity index is 2.31. The minimum atomic E-state index is -0.693. The molecule has 0 radical (unpaired) electrons. The van der Waals surface area contributed by atoms with Gasteiger partial charge in [0.05, 0.1) is 32.8 Å². The molecule has 2 rings (SSSR count). The molecule has 9 heteroatoms. The molecule has 0 saturated carbocycles. The van der Waals surface area contributed by atoms with Gasteiger partial charge in [0, 0.05) is 11.8 Å². The summed E-state index contributed by atoms with van der Waals surface area (Å²) in [4.78, 5) is 34.6. The summed E-state index contributed by atoms with van der Waals surface area (Å²) in [5.74, 6) is 4.13. The average Bonchev–Trinajstić information content (AvgIpc) is 2.74. The standard InChI is InChI=1S/C20H18N2O7/c1-27-18-15(19(23)28-2)11-14(12-16(18)20(24)29-3)21-10-6-8-13-7-4-5-9-17(13)22(25)26/h4-5,7,9,11-12,21H,10H2,1-3H3. The zero-order valence-electron chi connectivity index (χ0n) is 16.0. The third-order valence-corrected chi connectivity index (χ3v) is 3.81. The van der Waals surface area contributed by atoms with Crippen LogP contribution in [0, 0.1) is 22.0 Å². The number of nitrogens with one attached hydrogen (secondary N) is 1. The van der Waals surface area contributed by atoms with Crippen molar-refractivity contribution in [1.29, 1.82) is 0 Å². The van der Waals surface area contributed by atoms with Gasteiger partial charge in [-0.05, 0) is 18.2 Å². The number of para-hydroxylation sites is 1. The van der Waals surface area contributed by atoms with Crippen LogP contribution in [0.4, 0.5) is 11.4 Å². The second-order valence-corrected chi connectivity index (χ2v) is 5.52. The van der Waals surface area contributed by atoms with Crippen molar-refractivity contribution in [3.05, 3.63) is 63.2 Å². The predicted molar refractivity (Wildman–Crippen MR) is 104 cm³/mol. The quantitative estimate of drug-likeness (QED) is 0.342. The minimum absolute atomic E-state index is 0.0280. The summed E-state index contributed by atoms with van der Waals surface area (Å²) in [6.07, 6.45) is 0. The summed E-state index contributed by atoms with van der Waals surface area (Å²) in [5, 5.41) is 14.0. The molecular formula is C20H18N2O7. The predicted octanol–water partition coefficient (Wildman–Crippen LogP) is 2.64. The number of carbonyl (C=O) groups is 2. The molecule has 0 heterocycles. The fraction of sp³-hybridized carbons (Fsp3) is 0.200. The smallest absolute Gasteiger partial charge is 0.341 e. The summed E-state index contributed by atoms with van der Waals surface area (Å²) in [6, 6.07) is 9.02. The van der Waals surface area contributed by atoms with Gasteiger partial charge in [-0.25, -0.2) is 9.59 Å². The third kappa shape index (κ3) is 5.01. The van der Waals surface area contributed by atoms with Gasteiger partial charge in [-0.3, -0.25) is 10.1 Å². The monoisotopic (exact) mass is 398 g/mol. The first-order valence-electron chi connectivity index (χ1n) is 8.27. The number of nitro benzene ring substituents is 1. The van der Waals surface area contributed by atoms with Crippen molar-refractivity contribution in [2.24, 2.45) is 0 Å². The topological polar surface area (TPSA) is 117 Å². The molecule has 0 aliphatic rings. The Labute approximate surface area is 166 Å². The maximum atomic E-state index is 12.1. The highest BCUT2D eigenvalue weighted by Gasteiger charge is 2.23. The van der Waals surface area contributed by atoms with Gasteiger partial charge in [-0.2, -0.15) is 0 Å². The highest BCUT2D eigenvalue weighted by atomic mass is 16.6. The zero-order chi connectivity index (χ0) is 21.4. The Bertz CT molecular complexity index is 968. The molecule has 0 bridgehead atoms. The lowest BCUT2D eigenvalue weighted by molar-refractivity contribution is -0.385. The number of hydrogen-bond acceptors (Lipinski definition) is 8. The first-order valence-corrected chi connectivity index (χ1v) is 8.27. The molecule has 1 N–H and O–H groups in total. The molecular weight excluding hydrogens is 380 g/mol. The molecule has 29 heavy (non-hydrogen) atoms. The van der Waals surface area contributed by atoms with E-state index in [4.69, 9.17) is 14.2 Å². The number of nitrogens with zero attached hydrogens (tertiary/aromatic N) is 1. The van der Waals surface area contributed by atoms with Crippen LogP contribution in [0.15, 0.2) is 36.4 Å². The number of methoxy groups -OCH3 is 3. The number of nitro groups is 1. The van der Waals surface area contributed by atoms with Crippen LogP contribution in [0.3, 0.4) is 0 Å². The fourth-order valence-electron chi connectivity index (χ4n) is 2.50. The molecule has 0 saturated heterocycles. The normalized spacial score (nSPS) is 9.62. The van der Waals surface area contributed by atoms with Crippen molar-refractivity contribution in [3.63, 3.8) is 0 Å². The van der Waals surface area contributed by atoms with Gasteiger partial charge in [-0.15, -0.1) is 0 Å². The molecule has 0 aliphatic carbocycles.